The summed E-state index contributed by atoms with van der Waals surface area (Å²) in [4.78, 5) is 23.9. The zero-order valence-electron chi connectivity index (χ0n) is 19.5. The molecule has 0 fully saturated rings. The van der Waals surface area contributed by atoms with E-state index in [1.54, 1.807) is 12.4 Å². The standard InChI is InChI=1S/C28H26ClN5O/c1-19-7-8-25(29)13-24(19)18-34-11-10-31-27-26(34)14-23(17-32-27)21-5-2-6-22(12-21)28(35)33-16-20-4-3-9-30-15-20/h2-9,12-15,17H,10-11,16,18H2,1H3,(H,31,32)(H,33,35). The van der Waals surface area contributed by atoms with Crippen LogP contribution in [0.5, 0.6) is 0 Å². The quantitative estimate of drug-likeness (QED) is 0.380. The molecule has 1 amide bonds. The number of benzene rings is 2. The Balaban J connectivity index is 1.38. The minimum absolute atomic E-state index is 0.124. The number of aryl methyl sites for hydroxylation is 1. The zero-order valence-corrected chi connectivity index (χ0v) is 20.2. The van der Waals surface area contributed by atoms with Crippen LogP contribution < -0.4 is 15.5 Å². The minimum Gasteiger partial charge on any atom is -0.367 e. The maximum absolute atomic E-state index is 12.8. The summed E-state index contributed by atoms with van der Waals surface area (Å²) in [5.74, 6) is 0.742. The van der Waals surface area contributed by atoms with Gasteiger partial charge in [-0.2, -0.15) is 0 Å². The fourth-order valence-corrected chi connectivity index (χ4v) is 4.42. The van der Waals surface area contributed by atoms with E-state index in [1.165, 1.54) is 11.1 Å². The topological polar surface area (TPSA) is 70.2 Å². The molecular formula is C28H26ClN5O. The Bertz CT molecular complexity index is 1360. The summed E-state index contributed by atoms with van der Waals surface area (Å²) in [6.45, 7) is 4.98. The second kappa shape index (κ2) is 10.2. The molecule has 0 radical (unpaired) electrons. The van der Waals surface area contributed by atoms with Gasteiger partial charge in [-0.3, -0.25) is 9.78 Å². The fraction of sp³-hybridized carbons (Fsp3) is 0.179. The molecule has 4 aromatic rings. The van der Waals surface area contributed by atoms with Gasteiger partial charge >= 0.3 is 0 Å². The van der Waals surface area contributed by atoms with Crippen LogP contribution in [0.2, 0.25) is 5.02 Å². The maximum atomic E-state index is 12.8. The Labute approximate surface area is 210 Å². The molecule has 2 N–H and O–H groups in total. The van der Waals surface area contributed by atoms with Gasteiger partial charge in [0.1, 0.15) is 5.82 Å². The van der Waals surface area contributed by atoms with Crippen LogP contribution >= 0.6 is 11.6 Å². The van der Waals surface area contributed by atoms with Gasteiger partial charge in [-0.15, -0.1) is 0 Å². The van der Waals surface area contributed by atoms with Gasteiger partial charge in [-0.05, 0) is 65.6 Å². The van der Waals surface area contributed by atoms with E-state index in [-0.39, 0.29) is 5.91 Å². The zero-order chi connectivity index (χ0) is 24.2. The number of nitrogens with one attached hydrogen (secondary N) is 2. The molecule has 0 bridgehead atoms. The normalized spacial score (nSPS) is 12.6. The summed E-state index contributed by atoms with van der Waals surface area (Å²) < 4.78 is 0. The number of carbonyl (C=O) groups is 1. The highest BCUT2D eigenvalue weighted by atomic mass is 35.5. The van der Waals surface area contributed by atoms with E-state index < -0.39 is 0 Å². The van der Waals surface area contributed by atoms with Crippen molar-refractivity contribution in [3.63, 3.8) is 0 Å². The lowest BCUT2D eigenvalue weighted by Gasteiger charge is -2.32. The van der Waals surface area contributed by atoms with Crippen molar-refractivity contribution in [3.05, 3.63) is 107 Å². The Kier molecular flexibility index (Phi) is 6.64. The molecule has 0 saturated carbocycles. The van der Waals surface area contributed by atoms with Crippen LogP contribution in [0.3, 0.4) is 0 Å². The van der Waals surface area contributed by atoms with Crippen molar-refractivity contribution in [2.24, 2.45) is 0 Å². The van der Waals surface area contributed by atoms with Crippen LogP contribution in [0.25, 0.3) is 11.1 Å². The SMILES string of the molecule is Cc1ccc(Cl)cc1CN1CCNc2ncc(-c3cccc(C(=O)NCc4cccnc4)c3)cc21. The van der Waals surface area contributed by atoms with E-state index in [0.717, 1.165) is 52.9 Å². The van der Waals surface area contributed by atoms with E-state index >= 15 is 0 Å². The lowest BCUT2D eigenvalue weighted by Crippen LogP contribution is -2.34. The summed E-state index contributed by atoms with van der Waals surface area (Å²) in [6.07, 6.45) is 5.32. The number of anilines is 2. The van der Waals surface area contributed by atoms with Gasteiger partial charge in [0.05, 0.1) is 5.69 Å². The smallest absolute Gasteiger partial charge is 0.251 e. The Hall–Kier alpha value is -3.90. The first-order valence-corrected chi connectivity index (χ1v) is 12.0. The lowest BCUT2D eigenvalue weighted by molar-refractivity contribution is 0.0951. The van der Waals surface area contributed by atoms with E-state index in [2.05, 4.69) is 39.6 Å². The molecule has 2 aromatic heterocycles. The van der Waals surface area contributed by atoms with Crippen LogP contribution in [0.1, 0.15) is 27.0 Å². The summed E-state index contributed by atoms with van der Waals surface area (Å²) >= 11 is 6.26. The third-order valence-electron chi connectivity index (χ3n) is 6.19. The minimum atomic E-state index is -0.124. The molecule has 0 saturated heterocycles. The summed E-state index contributed by atoms with van der Waals surface area (Å²) in [7, 11) is 0. The van der Waals surface area contributed by atoms with Crippen LogP contribution in [-0.4, -0.2) is 29.0 Å². The summed E-state index contributed by atoms with van der Waals surface area (Å²) in [5, 5.41) is 7.10. The van der Waals surface area contributed by atoms with Gasteiger partial charge in [0, 0.05) is 60.9 Å². The Morgan fingerprint density at radius 3 is 2.86 bits per heavy atom. The van der Waals surface area contributed by atoms with Crippen LogP contribution in [0, 0.1) is 6.92 Å². The molecule has 3 heterocycles. The van der Waals surface area contributed by atoms with Crippen molar-refractivity contribution >= 4 is 29.0 Å². The second-order valence-corrected chi connectivity index (χ2v) is 9.07. The first-order valence-electron chi connectivity index (χ1n) is 11.6. The molecule has 0 aliphatic carbocycles. The molecule has 0 unspecified atom stereocenters. The number of amides is 1. The fourth-order valence-electron chi connectivity index (χ4n) is 4.23. The third-order valence-corrected chi connectivity index (χ3v) is 6.42. The van der Waals surface area contributed by atoms with Crippen molar-refractivity contribution in [2.45, 2.75) is 20.0 Å². The molecule has 5 rings (SSSR count). The molecule has 6 nitrogen and oxygen atoms in total. The summed E-state index contributed by atoms with van der Waals surface area (Å²) in [6, 6.07) is 19.6. The van der Waals surface area contributed by atoms with Crippen molar-refractivity contribution in [1.82, 2.24) is 15.3 Å². The van der Waals surface area contributed by atoms with Gasteiger partial charge in [-0.25, -0.2) is 4.98 Å². The summed E-state index contributed by atoms with van der Waals surface area (Å²) in [5.41, 5.74) is 6.92. The molecule has 1 aliphatic heterocycles. The van der Waals surface area contributed by atoms with Crippen LogP contribution in [0.15, 0.2) is 79.3 Å². The molecule has 7 heteroatoms. The van der Waals surface area contributed by atoms with E-state index in [4.69, 9.17) is 16.6 Å². The number of halogens is 1. The van der Waals surface area contributed by atoms with E-state index in [1.807, 2.05) is 54.7 Å². The maximum Gasteiger partial charge on any atom is 0.251 e. The van der Waals surface area contributed by atoms with Crippen molar-refractivity contribution < 1.29 is 4.79 Å². The number of rotatable bonds is 6. The first kappa shape index (κ1) is 22.9. The average molecular weight is 484 g/mol. The van der Waals surface area contributed by atoms with E-state index in [9.17, 15) is 4.79 Å². The van der Waals surface area contributed by atoms with Crippen LogP contribution in [0.4, 0.5) is 11.5 Å². The number of pyridine rings is 2. The van der Waals surface area contributed by atoms with Gasteiger partial charge in [0.25, 0.3) is 5.91 Å². The lowest BCUT2D eigenvalue weighted by atomic mass is 10.0. The van der Waals surface area contributed by atoms with Gasteiger partial charge in [-0.1, -0.05) is 35.9 Å². The number of carbonyl (C=O) groups excluding carboxylic acids is 1. The molecule has 0 spiro atoms. The molecule has 0 atom stereocenters. The molecule has 1 aliphatic rings. The average Bonchev–Trinajstić information content (AvgIpc) is 2.90. The third kappa shape index (κ3) is 5.28. The highest BCUT2D eigenvalue weighted by Crippen LogP contribution is 2.33. The first-order chi connectivity index (χ1) is 17.1. The Morgan fingerprint density at radius 2 is 2.00 bits per heavy atom. The number of nitrogens with zero attached hydrogens (tertiary/aromatic N) is 3. The highest BCUT2D eigenvalue weighted by Gasteiger charge is 2.20. The number of hydrogen-bond acceptors (Lipinski definition) is 5. The Morgan fingerprint density at radius 1 is 1.09 bits per heavy atom. The second-order valence-electron chi connectivity index (χ2n) is 8.64. The number of fused-ring (bicyclic) bond motifs is 1. The number of hydrogen-bond donors (Lipinski definition) is 2. The predicted octanol–water partition coefficient (Wildman–Crippen LogP) is 5.47. The predicted molar refractivity (Wildman–Crippen MR) is 141 cm³/mol. The van der Waals surface area contributed by atoms with Crippen molar-refractivity contribution in [2.75, 3.05) is 23.3 Å². The van der Waals surface area contributed by atoms with Crippen molar-refractivity contribution in [3.8, 4) is 11.1 Å². The number of aromatic nitrogens is 2. The van der Waals surface area contributed by atoms with Gasteiger partial charge in [0.15, 0.2) is 0 Å². The van der Waals surface area contributed by atoms with Crippen molar-refractivity contribution in [1.29, 1.82) is 0 Å². The molecule has 176 valence electrons. The highest BCUT2D eigenvalue weighted by molar-refractivity contribution is 6.30. The molecule has 2 aromatic carbocycles. The van der Waals surface area contributed by atoms with Gasteiger partial charge < -0.3 is 15.5 Å². The monoisotopic (exact) mass is 483 g/mol. The van der Waals surface area contributed by atoms with E-state index in [0.29, 0.717) is 12.1 Å². The van der Waals surface area contributed by atoms with Crippen LogP contribution in [-0.2, 0) is 13.1 Å². The van der Waals surface area contributed by atoms with Gasteiger partial charge in [0.2, 0.25) is 0 Å². The molecular weight excluding hydrogens is 458 g/mol. The largest absolute Gasteiger partial charge is 0.367 e. The molecule has 35 heavy (non-hydrogen) atoms.